The van der Waals surface area contributed by atoms with Crippen LogP contribution in [0, 0.1) is 10.1 Å². The first kappa shape index (κ1) is 21.6. The predicted molar refractivity (Wildman–Crippen MR) is 114 cm³/mol. The Labute approximate surface area is 177 Å². The normalized spacial score (nSPS) is 10.8. The molecule has 3 rings (SSSR count). The van der Waals surface area contributed by atoms with Crippen LogP contribution in [-0.4, -0.2) is 40.1 Å². The summed E-state index contributed by atoms with van der Waals surface area (Å²) in [5, 5.41) is 22.3. The van der Waals surface area contributed by atoms with E-state index >= 15 is 0 Å². The number of aromatic nitrogens is 2. The van der Waals surface area contributed by atoms with Gasteiger partial charge in [-0.3, -0.25) is 14.9 Å². The third kappa shape index (κ3) is 5.69. The van der Waals surface area contributed by atoms with Crippen LogP contribution in [0.15, 0.2) is 45.9 Å². The maximum absolute atomic E-state index is 11.6. The van der Waals surface area contributed by atoms with Crippen LogP contribution in [0.1, 0.15) is 25.3 Å². The first-order valence-corrected chi connectivity index (χ1v) is 10.5. The van der Waals surface area contributed by atoms with Gasteiger partial charge in [0.05, 0.1) is 11.5 Å². The van der Waals surface area contributed by atoms with Gasteiger partial charge in [-0.15, -0.1) is 11.8 Å². The van der Waals surface area contributed by atoms with Gasteiger partial charge in [0.25, 0.3) is 0 Å². The molecule has 0 spiro atoms. The van der Waals surface area contributed by atoms with E-state index in [1.54, 1.807) is 17.8 Å². The molecule has 0 atom stereocenters. The summed E-state index contributed by atoms with van der Waals surface area (Å²) in [6, 6.07) is 11.9. The minimum absolute atomic E-state index is 0.121. The highest BCUT2D eigenvalue weighted by molar-refractivity contribution is 7.99. The number of nitro benzene ring substituents is 1. The predicted octanol–water partition coefficient (Wildman–Crippen LogP) is 4.22. The minimum Gasteiger partial charge on any atom is -0.466 e. The number of aryl methyl sites for hydroxylation is 1. The van der Waals surface area contributed by atoms with Crippen molar-refractivity contribution in [1.82, 2.24) is 10.3 Å². The average Bonchev–Trinajstić information content (AvgIpc) is 3.20. The molecular formula is C20H22N4O5S. The molecule has 30 heavy (non-hydrogen) atoms. The van der Waals surface area contributed by atoms with E-state index < -0.39 is 4.92 Å². The van der Waals surface area contributed by atoms with Crippen molar-refractivity contribution in [1.29, 1.82) is 0 Å². The molecule has 1 heterocycles. The number of ether oxygens (including phenoxy) is 1. The van der Waals surface area contributed by atoms with Gasteiger partial charge in [0, 0.05) is 18.4 Å². The number of carbonyl (C=O) groups is 1. The summed E-state index contributed by atoms with van der Waals surface area (Å²) in [7, 11) is 0. The van der Waals surface area contributed by atoms with Crippen LogP contribution in [0.2, 0.25) is 0 Å². The number of nitrogens with one attached hydrogen (secondary N) is 1. The van der Waals surface area contributed by atoms with Crippen LogP contribution >= 0.6 is 11.8 Å². The molecular weight excluding hydrogens is 408 g/mol. The number of carbonyl (C=O) groups excluding carboxylic acids is 1. The van der Waals surface area contributed by atoms with E-state index in [0.29, 0.717) is 24.2 Å². The minimum atomic E-state index is -0.495. The number of anilines is 1. The second-order valence-electron chi connectivity index (χ2n) is 6.55. The molecule has 0 saturated carbocycles. The van der Waals surface area contributed by atoms with Crippen LogP contribution in [-0.2, 0) is 16.0 Å². The summed E-state index contributed by atoms with van der Waals surface area (Å²) >= 11 is 1.56. The summed E-state index contributed by atoms with van der Waals surface area (Å²) in [6.07, 6.45) is 2.41. The summed E-state index contributed by atoms with van der Waals surface area (Å²) in [5.74, 6) is 0.464. The van der Waals surface area contributed by atoms with Gasteiger partial charge in [0.1, 0.15) is 5.69 Å². The summed E-state index contributed by atoms with van der Waals surface area (Å²) in [6.45, 7) is 1.99. The van der Waals surface area contributed by atoms with Crippen LogP contribution < -0.4 is 5.32 Å². The lowest BCUT2D eigenvalue weighted by molar-refractivity contribution is -0.382. The lowest BCUT2D eigenvalue weighted by Gasteiger charge is -2.10. The zero-order valence-electron chi connectivity index (χ0n) is 16.5. The quantitative estimate of drug-likeness (QED) is 0.157. The molecule has 2 aromatic carbocycles. The Morgan fingerprint density at radius 3 is 2.73 bits per heavy atom. The number of benzene rings is 2. The second kappa shape index (κ2) is 10.6. The molecule has 0 radical (unpaired) electrons. The van der Waals surface area contributed by atoms with Crippen molar-refractivity contribution < 1.29 is 19.1 Å². The molecule has 9 nitrogen and oxygen atoms in total. The van der Waals surface area contributed by atoms with E-state index in [0.717, 1.165) is 23.5 Å². The van der Waals surface area contributed by atoms with Crippen molar-refractivity contribution in [3.8, 4) is 0 Å². The van der Waals surface area contributed by atoms with Gasteiger partial charge in [0.15, 0.2) is 5.52 Å². The summed E-state index contributed by atoms with van der Waals surface area (Å²) in [4.78, 5) is 22.7. The molecule has 3 aromatic rings. The fourth-order valence-corrected chi connectivity index (χ4v) is 3.93. The molecule has 0 aliphatic rings. The van der Waals surface area contributed by atoms with Crippen LogP contribution in [0.3, 0.4) is 0 Å². The van der Waals surface area contributed by atoms with Gasteiger partial charge in [-0.2, -0.15) is 0 Å². The molecule has 0 aliphatic carbocycles. The van der Waals surface area contributed by atoms with Crippen LogP contribution in [0.25, 0.3) is 11.0 Å². The van der Waals surface area contributed by atoms with Gasteiger partial charge in [0.2, 0.25) is 5.52 Å². The summed E-state index contributed by atoms with van der Waals surface area (Å²) in [5.41, 5.74) is 1.95. The van der Waals surface area contributed by atoms with E-state index in [9.17, 15) is 14.9 Å². The average molecular weight is 430 g/mol. The van der Waals surface area contributed by atoms with E-state index in [1.807, 2.05) is 18.2 Å². The van der Waals surface area contributed by atoms with E-state index in [2.05, 4.69) is 27.8 Å². The van der Waals surface area contributed by atoms with Crippen molar-refractivity contribution in [3.63, 3.8) is 0 Å². The monoisotopic (exact) mass is 430 g/mol. The van der Waals surface area contributed by atoms with Crippen molar-refractivity contribution in [2.45, 2.75) is 31.1 Å². The standard InChI is InChI=1S/C20H22N4O5S/c1-14(25)28-11-6-10-21-16-13-17(18-19(23-29-22-18)20(16)24(26)27)30-12-5-9-15-7-3-2-4-8-15/h2-4,7-8,13,21H,5-6,9-12H2,1H3. The maximum Gasteiger partial charge on any atom is 0.323 e. The van der Waals surface area contributed by atoms with Gasteiger partial charge in [-0.05, 0) is 47.0 Å². The summed E-state index contributed by atoms with van der Waals surface area (Å²) < 4.78 is 9.68. The fraction of sp³-hybridized carbons (Fsp3) is 0.350. The molecule has 0 bridgehead atoms. The van der Waals surface area contributed by atoms with Crippen molar-refractivity contribution >= 4 is 40.1 Å². The van der Waals surface area contributed by atoms with Gasteiger partial charge in [-0.1, -0.05) is 30.3 Å². The van der Waals surface area contributed by atoms with Crippen molar-refractivity contribution in [2.75, 3.05) is 24.2 Å². The highest BCUT2D eigenvalue weighted by atomic mass is 32.2. The highest BCUT2D eigenvalue weighted by Gasteiger charge is 2.25. The number of esters is 1. The Morgan fingerprint density at radius 2 is 2.00 bits per heavy atom. The lowest BCUT2D eigenvalue weighted by Crippen LogP contribution is -2.09. The van der Waals surface area contributed by atoms with Crippen LogP contribution in [0.5, 0.6) is 0 Å². The Kier molecular flexibility index (Phi) is 7.61. The van der Waals surface area contributed by atoms with Crippen molar-refractivity contribution in [2.24, 2.45) is 0 Å². The number of hydrogen-bond donors (Lipinski definition) is 1. The number of nitro groups is 1. The van der Waals surface area contributed by atoms with Crippen molar-refractivity contribution in [3.05, 3.63) is 52.1 Å². The number of nitrogens with zero attached hydrogens (tertiary/aromatic N) is 3. The zero-order valence-corrected chi connectivity index (χ0v) is 17.3. The highest BCUT2D eigenvalue weighted by Crippen LogP contribution is 2.38. The second-order valence-corrected chi connectivity index (χ2v) is 7.68. The molecule has 1 aromatic heterocycles. The number of rotatable bonds is 11. The zero-order chi connectivity index (χ0) is 21.3. The van der Waals surface area contributed by atoms with Gasteiger partial charge < -0.3 is 10.1 Å². The smallest absolute Gasteiger partial charge is 0.323 e. The van der Waals surface area contributed by atoms with E-state index in [-0.39, 0.29) is 23.8 Å². The number of fused-ring (bicyclic) bond motifs is 1. The lowest BCUT2D eigenvalue weighted by atomic mass is 10.1. The Balaban J connectivity index is 1.70. The van der Waals surface area contributed by atoms with E-state index in [4.69, 9.17) is 9.37 Å². The van der Waals surface area contributed by atoms with Crippen LogP contribution in [0.4, 0.5) is 11.4 Å². The molecule has 10 heteroatoms. The third-order valence-corrected chi connectivity index (χ3v) is 5.43. The third-order valence-electron chi connectivity index (χ3n) is 4.31. The molecule has 1 N–H and O–H groups in total. The fourth-order valence-electron chi connectivity index (χ4n) is 2.94. The first-order valence-electron chi connectivity index (χ1n) is 9.54. The topological polar surface area (TPSA) is 120 Å². The Hall–Kier alpha value is -3.14. The SMILES string of the molecule is CC(=O)OCCCNc1cc(SCCCc2ccccc2)c2nonc2c1[N+](=O)[O-]. The number of thioether (sulfide) groups is 1. The van der Waals surface area contributed by atoms with Gasteiger partial charge >= 0.3 is 11.7 Å². The molecule has 0 aliphatic heterocycles. The molecule has 0 saturated heterocycles. The largest absolute Gasteiger partial charge is 0.466 e. The molecule has 0 fully saturated rings. The van der Waals surface area contributed by atoms with E-state index in [1.165, 1.54) is 12.5 Å². The first-order chi connectivity index (χ1) is 14.6. The van der Waals surface area contributed by atoms with Gasteiger partial charge in [-0.25, -0.2) is 4.63 Å². The maximum atomic E-state index is 11.6. The molecule has 158 valence electrons. The molecule has 0 amide bonds. The molecule has 0 unspecified atom stereocenters. The Morgan fingerprint density at radius 1 is 1.23 bits per heavy atom. The Bertz CT molecular complexity index is 1010. The number of hydrogen-bond acceptors (Lipinski definition) is 9.